The largest absolute Gasteiger partial charge is 0.494 e. The second-order valence-electron chi connectivity index (χ2n) is 4.26. The van der Waals surface area contributed by atoms with E-state index in [9.17, 15) is 4.79 Å². The fourth-order valence-electron chi connectivity index (χ4n) is 1.59. The van der Waals surface area contributed by atoms with Gasteiger partial charge >= 0.3 is 6.03 Å². The Bertz CT molecular complexity index is 561. The third kappa shape index (κ3) is 5.83. The van der Waals surface area contributed by atoms with Crippen LogP contribution in [0.3, 0.4) is 0 Å². The van der Waals surface area contributed by atoms with Crippen molar-refractivity contribution in [3.05, 3.63) is 53.1 Å². The van der Waals surface area contributed by atoms with Crippen molar-refractivity contribution in [2.24, 2.45) is 0 Å². The van der Waals surface area contributed by atoms with Gasteiger partial charge in [-0.3, -0.25) is 5.32 Å². The third-order valence-corrected chi connectivity index (χ3v) is 3.06. The molecule has 0 spiro atoms. The first-order chi connectivity index (χ1) is 10.2. The Balaban J connectivity index is 1.60. The van der Waals surface area contributed by atoms with Crippen LogP contribution < -0.4 is 15.4 Å². The zero-order valence-corrected chi connectivity index (χ0v) is 13.0. The summed E-state index contributed by atoms with van der Waals surface area (Å²) in [6, 6.07) is 12.9. The van der Waals surface area contributed by atoms with Crippen LogP contribution in [0.25, 0.3) is 0 Å². The van der Waals surface area contributed by atoms with Crippen molar-refractivity contribution in [3.63, 3.8) is 0 Å². The topological polar surface area (TPSA) is 63.2 Å². The van der Waals surface area contributed by atoms with Gasteiger partial charge in [0.25, 0.3) is 0 Å². The maximum Gasteiger partial charge on any atom is 0.320 e. The lowest BCUT2D eigenvalue weighted by Gasteiger charge is -2.08. The first kappa shape index (κ1) is 15.3. The number of benzene rings is 1. The summed E-state index contributed by atoms with van der Waals surface area (Å²) in [6.07, 6.45) is 2.36. The molecule has 0 aliphatic carbocycles. The number of carbonyl (C=O) groups is 1. The van der Waals surface area contributed by atoms with Gasteiger partial charge in [0.15, 0.2) is 0 Å². The van der Waals surface area contributed by atoms with Gasteiger partial charge in [-0.15, -0.1) is 0 Å². The Morgan fingerprint density at radius 3 is 2.71 bits per heavy atom. The van der Waals surface area contributed by atoms with Gasteiger partial charge in [0.05, 0.1) is 6.61 Å². The number of amides is 2. The van der Waals surface area contributed by atoms with Crippen LogP contribution >= 0.6 is 15.9 Å². The molecule has 2 N–H and O–H groups in total. The van der Waals surface area contributed by atoms with Gasteiger partial charge in [-0.25, -0.2) is 9.78 Å². The fraction of sp³-hybridized carbons (Fsp3) is 0.200. The fourth-order valence-corrected chi connectivity index (χ4v) is 1.83. The van der Waals surface area contributed by atoms with E-state index in [-0.39, 0.29) is 6.03 Å². The van der Waals surface area contributed by atoms with Crippen LogP contribution in [0, 0.1) is 0 Å². The molecule has 0 unspecified atom stereocenters. The molecule has 0 bridgehead atoms. The summed E-state index contributed by atoms with van der Waals surface area (Å²) in [4.78, 5) is 15.7. The minimum Gasteiger partial charge on any atom is -0.494 e. The molecule has 5 nitrogen and oxygen atoms in total. The van der Waals surface area contributed by atoms with E-state index in [1.807, 2.05) is 36.4 Å². The molecule has 6 heteroatoms. The zero-order chi connectivity index (χ0) is 14.9. The Morgan fingerprint density at radius 1 is 1.19 bits per heavy atom. The molecular weight excluding hydrogens is 334 g/mol. The van der Waals surface area contributed by atoms with E-state index >= 15 is 0 Å². The predicted octanol–water partition coefficient (Wildman–Crippen LogP) is 3.43. The highest BCUT2D eigenvalue weighted by molar-refractivity contribution is 9.10. The third-order valence-electron chi connectivity index (χ3n) is 2.59. The predicted molar refractivity (Wildman–Crippen MR) is 85.5 cm³/mol. The Morgan fingerprint density at radius 2 is 2.00 bits per heavy atom. The Kier molecular flexibility index (Phi) is 6.02. The maximum atomic E-state index is 11.6. The molecule has 0 aliphatic heterocycles. The number of hydrogen-bond acceptors (Lipinski definition) is 3. The monoisotopic (exact) mass is 349 g/mol. The lowest BCUT2D eigenvalue weighted by Crippen LogP contribution is -2.30. The summed E-state index contributed by atoms with van der Waals surface area (Å²) in [5, 5.41) is 5.41. The normalized spacial score (nSPS) is 9.95. The summed E-state index contributed by atoms with van der Waals surface area (Å²) < 4.78 is 6.40. The molecule has 0 atom stereocenters. The van der Waals surface area contributed by atoms with Crippen molar-refractivity contribution in [1.29, 1.82) is 0 Å². The van der Waals surface area contributed by atoms with Crippen molar-refractivity contribution < 1.29 is 9.53 Å². The number of anilines is 1. The van der Waals surface area contributed by atoms with E-state index < -0.39 is 0 Å². The molecule has 1 aromatic carbocycles. The average molecular weight is 350 g/mol. The molecule has 0 saturated carbocycles. The number of nitrogens with one attached hydrogen (secondary N) is 2. The standard InChI is InChI=1S/C15H16BrN3O2/c16-12-7-8-14(18-11-12)19-15(20)17-9-4-10-21-13-5-2-1-3-6-13/h1-3,5-8,11H,4,9-10H2,(H2,17,18,19,20). The van der Waals surface area contributed by atoms with Crippen LogP contribution in [-0.2, 0) is 0 Å². The SMILES string of the molecule is O=C(NCCCOc1ccccc1)Nc1ccc(Br)cn1. The summed E-state index contributed by atoms with van der Waals surface area (Å²) >= 11 is 3.29. The molecular formula is C15H16BrN3O2. The number of urea groups is 1. The van der Waals surface area contributed by atoms with Crippen LogP contribution in [0.4, 0.5) is 10.6 Å². The smallest absolute Gasteiger partial charge is 0.320 e. The van der Waals surface area contributed by atoms with Gasteiger partial charge in [0.2, 0.25) is 0 Å². The van der Waals surface area contributed by atoms with Gasteiger partial charge < -0.3 is 10.1 Å². The van der Waals surface area contributed by atoms with E-state index in [2.05, 4.69) is 31.5 Å². The molecule has 1 aromatic heterocycles. The number of para-hydroxylation sites is 1. The summed E-state index contributed by atoms with van der Waals surface area (Å²) in [5.41, 5.74) is 0. The molecule has 2 rings (SSSR count). The maximum absolute atomic E-state index is 11.6. The highest BCUT2D eigenvalue weighted by atomic mass is 79.9. The summed E-state index contributed by atoms with van der Waals surface area (Å²) in [6.45, 7) is 1.09. The summed E-state index contributed by atoms with van der Waals surface area (Å²) in [7, 11) is 0. The molecule has 0 saturated heterocycles. The average Bonchev–Trinajstić information content (AvgIpc) is 2.50. The second-order valence-corrected chi connectivity index (χ2v) is 5.17. The molecule has 1 heterocycles. The highest BCUT2D eigenvalue weighted by Crippen LogP contribution is 2.10. The number of halogens is 1. The zero-order valence-electron chi connectivity index (χ0n) is 11.4. The minimum atomic E-state index is -0.274. The first-order valence-electron chi connectivity index (χ1n) is 6.58. The van der Waals surface area contributed by atoms with Crippen LogP contribution in [0.15, 0.2) is 53.1 Å². The number of pyridine rings is 1. The summed E-state index contributed by atoms with van der Waals surface area (Å²) in [5.74, 6) is 1.34. The Hall–Kier alpha value is -2.08. The second kappa shape index (κ2) is 8.26. The number of ether oxygens (including phenoxy) is 1. The van der Waals surface area contributed by atoms with E-state index in [0.717, 1.165) is 16.6 Å². The number of aromatic nitrogens is 1. The molecule has 2 aromatic rings. The number of rotatable bonds is 6. The van der Waals surface area contributed by atoms with Gasteiger partial charge in [0.1, 0.15) is 11.6 Å². The van der Waals surface area contributed by atoms with E-state index in [0.29, 0.717) is 19.0 Å². The first-order valence-corrected chi connectivity index (χ1v) is 7.37. The highest BCUT2D eigenvalue weighted by Gasteiger charge is 2.01. The van der Waals surface area contributed by atoms with Gasteiger partial charge in [-0.1, -0.05) is 18.2 Å². The molecule has 0 fully saturated rings. The number of carbonyl (C=O) groups excluding carboxylic acids is 1. The molecule has 110 valence electrons. The van der Waals surface area contributed by atoms with E-state index in [1.165, 1.54) is 0 Å². The van der Waals surface area contributed by atoms with E-state index in [4.69, 9.17) is 4.74 Å². The minimum absolute atomic E-state index is 0.274. The Labute approximate surface area is 131 Å². The van der Waals surface area contributed by atoms with Crippen LogP contribution in [0.5, 0.6) is 5.75 Å². The quantitative estimate of drug-likeness (QED) is 0.785. The molecule has 0 aliphatic rings. The van der Waals surface area contributed by atoms with Crippen molar-refractivity contribution in [1.82, 2.24) is 10.3 Å². The van der Waals surface area contributed by atoms with Crippen LogP contribution in [0.1, 0.15) is 6.42 Å². The molecule has 2 amide bonds. The van der Waals surface area contributed by atoms with Gasteiger partial charge in [0, 0.05) is 17.2 Å². The lowest BCUT2D eigenvalue weighted by atomic mass is 10.3. The van der Waals surface area contributed by atoms with Gasteiger partial charge in [-0.2, -0.15) is 0 Å². The van der Waals surface area contributed by atoms with Crippen molar-refractivity contribution >= 4 is 27.8 Å². The number of nitrogens with zero attached hydrogens (tertiary/aromatic N) is 1. The van der Waals surface area contributed by atoms with Crippen molar-refractivity contribution in [2.45, 2.75) is 6.42 Å². The van der Waals surface area contributed by atoms with Crippen LogP contribution in [-0.4, -0.2) is 24.2 Å². The molecule has 21 heavy (non-hydrogen) atoms. The van der Waals surface area contributed by atoms with Crippen molar-refractivity contribution in [3.8, 4) is 5.75 Å². The number of hydrogen-bond donors (Lipinski definition) is 2. The molecule has 0 radical (unpaired) electrons. The van der Waals surface area contributed by atoms with Crippen LogP contribution in [0.2, 0.25) is 0 Å². The van der Waals surface area contributed by atoms with E-state index in [1.54, 1.807) is 12.3 Å². The van der Waals surface area contributed by atoms with Crippen molar-refractivity contribution in [2.75, 3.05) is 18.5 Å². The van der Waals surface area contributed by atoms with Gasteiger partial charge in [-0.05, 0) is 46.6 Å². The lowest BCUT2D eigenvalue weighted by molar-refractivity contribution is 0.250.